The molecule has 0 aliphatic rings. The van der Waals surface area contributed by atoms with Crippen molar-refractivity contribution < 1.29 is 14.3 Å². The molecular weight excluding hydrogens is 426 g/mol. The van der Waals surface area contributed by atoms with E-state index in [4.69, 9.17) is 4.74 Å². The first kappa shape index (κ1) is 26.2. The van der Waals surface area contributed by atoms with E-state index in [0.717, 1.165) is 23.1 Å². The molecule has 0 saturated heterocycles. The predicted octanol–water partition coefficient (Wildman–Crippen LogP) is 4.90. The molecular formula is C28H33N3O3. The van der Waals surface area contributed by atoms with Crippen molar-refractivity contribution in [1.82, 2.24) is 15.6 Å². The second-order valence-electron chi connectivity index (χ2n) is 7.43. The van der Waals surface area contributed by atoms with Crippen LogP contribution in [-0.4, -0.2) is 37.5 Å². The number of fused-ring (bicyclic) bond motifs is 1. The zero-order valence-corrected chi connectivity index (χ0v) is 20.0. The van der Waals surface area contributed by atoms with Crippen molar-refractivity contribution in [2.45, 2.75) is 20.3 Å². The number of benzene rings is 3. The quantitative estimate of drug-likeness (QED) is 0.272. The van der Waals surface area contributed by atoms with Gasteiger partial charge in [0.25, 0.3) is 5.91 Å². The van der Waals surface area contributed by atoms with Crippen LogP contribution in [-0.2, 0) is 11.2 Å². The topological polar surface area (TPSA) is 83.2 Å². The fourth-order valence-electron chi connectivity index (χ4n) is 3.08. The fraction of sp³-hybridized carbons (Fsp3) is 0.214. The van der Waals surface area contributed by atoms with Crippen LogP contribution in [0.15, 0.2) is 84.9 Å². The van der Waals surface area contributed by atoms with Crippen LogP contribution >= 0.6 is 0 Å². The Morgan fingerprint density at radius 3 is 2.15 bits per heavy atom. The number of nitrogens with one attached hydrogen (secondary N) is 3. The number of rotatable bonds is 7. The second kappa shape index (κ2) is 14.9. The minimum absolute atomic E-state index is 0.217. The lowest BCUT2D eigenvalue weighted by Crippen LogP contribution is -2.31. The van der Waals surface area contributed by atoms with Crippen LogP contribution in [0.2, 0.25) is 0 Å². The number of aromatic amines is 1. The molecule has 1 heterocycles. The number of aromatic nitrogens is 1. The van der Waals surface area contributed by atoms with Gasteiger partial charge in [0.05, 0.1) is 7.11 Å². The van der Waals surface area contributed by atoms with Gasteiger partial charge in [-0.25, -0.2) is 0 Å². The highest BCUT2D eigenvalue weighted by molar-refractivity contribution is 5.99. The maximum atomic E-state index is 11.9. The fourth-order valence-corrected chi connectivity index (χ4v) is 3.08. The summed E-state index contributed by atoms with van der Waals surface area (Å²) in [4.78, 5) is 25.0. The van der Waals surface area contributed by atoms with Crippen molar-refractivity contribution in [3.63, 3.8) is 0 Å². The number of carbonyl (C=O) groups is 2. The average molecular weight is 460 g/mol. The molecule has 0 atom stereocenters. The zero-order chi connectivity index (χ0) is 24.6. The summed E-state index contributed by atoms with van der Waals surface area (Å²) in [5, 5.41) is 6.04. The maximum Gasteiger partial charge on any atom is 0.267 e. The number of hydrogen-bond acceptors (Lipinski definition) is 3. The van der Waals surface area contributed by atoms with Crippen molar-refractivity contribution in [2.75, 3.05) is 20.2 Å². The van der Waals surface area contributed by atoms with Crippen LogP contribution in [0.5, 0.6) is 5.75 Å². The largest absolute Gasteiger partial charge is 0.496 e. The van der Waals surface area contributed by atoms with E-state index in [1.54, 1.807) is 13.2 Å². The standard InChI is InChI=1S/C13H15N3O3.C8H10.C7H8/c1-19-12-4-2-3-10-9(12)7-11(16-10)13(18)15-6-5-14-8-17;1-2-8-6-4-3-5-7-8;1-7-5-3-2-4-6-7/h2-4,7-8,16H,5-6H2,1H3,(H,14,17)(H,15,18);3-7H,2H2,1H3;2-6H,1H3. The molecule has 4 aromatic rings. The number of amides is 2. The SMILES string of the molecule is CCc1ccccc1.COc1cccc2[nH]c(C(=O)NCCNC=O)cc12.Cc1ccccc1. The summed E-state index contributed by atoms with van der Waals surface area (Å²) in [7, 11) is 1.59. The monoisotopic (exact) mass is 459 g/mol. The first-order valence-electron chi connectivity index (χ1n) is 11.3. The third-order valence-electron chi connectivity index (χ3n) is 4.92. The van der Waals surface area contributed by atoms with Gasteiger partial charge in [-0.1, -0.05) is 79.2 Å². The van der Waals surface area contributed by atoms with E-state index >= 15 is 0 Å². The smallest absolute Gasteiger partial charge is 0.267 e. The van der Waals surface area contributed by atoms with Gasteiger partial charge in [0.2, 0.25) is 6.41 Å². The van der Waals surface area contributed by atoms with Gasteiger partial charge in [-0.05, 0) is 37.1 Å². The molecule has 0 unspecified atom stereocenters. The predicted molar refractivity (Wildman–Crippen MR) is 138 cm³/mol. The van der Waals surface area contributed by atoms with E-state index in [9.17, 15) is 9.59 Å². The molecule has 4 rings (SSSR count). The first-order valence-corrected chi connectivity index (χ1v) is 11.3. The molecule has 0 spiro atoms. The highest BCUT2D eigenvalue weighted by Gasteiger charge is 2.11. The van der Waals surface area contributed by atoms with E-state index in [1.807, 2.05) is 42.5 Å². The number of methoxy groups -OCH3 is 1. The van der Waals surface area contributed by atoms with Crippen molar-refractivity contribution >= 4 is 23.2 Å². The van der Waals surface area contributed by atoms with Crippen LogP contribution in [0.4, 0.5) is 0 Å². The average Bonchev–Trinajstić information content (AvgIpc) is 3.33. The van der Waals surface area contributed by atoms with E-state index < -0.39 is 0 Å². The summed E-state index contributed by atoms with van der Waals surface area (Å²) in [5.74, 6) is 0.501. The normalized spacial score (nSPS) is 9.62. The number of H-pyrrole nitrogens is 1. The Balaban J connectivity index is 0.000000222. The van der Waals surface area contributed by atoms with Gasteiger partial charge >= 0.3 is 0 Å². The molecule has 0 aliphatic carbocycles. The molecule has 0 radical (unpaired) electrons. The van der Waals surface area contributed by atoms with Gasteiger partial charge in [0.15, 0.2) is 0 Å². The minimum Gasteiger partial charge on any atom is -0.496 e. The molecule has 0 fully saturated rings. The van der Waals surface area contributed by atoms with Gasteiger partial charge in [0, 0.05) is 24.0 Å². The molecule has 6 heteroatoms. The third-order valence-corrected chi connectivity index (χ3v) is 4.92. The van der Waals surface area contributed by atoms with Crippen molar-refractivity contribution in [2.24, 2.45) is 0 Å². The van der Waals surface area contributed by atoms with E-state index in [1.165, 1.54) is 11.1 Å². The van der Waals surface area contributed by atoms with Gasteiger partial charge < -0.3 is 20.4 Å². The molecule has 34 heavy (non-hydrogen) atoms. The second-order valence-corrected chi connectivity index (χ2v) is 7.43. The molecule has 2 amide bonds. The Morgan fingerprint density at radius 2 is 1.62 bits per heavy atom. The number of carbonyl (C=O) groups excluding carboxylic acids is 2. The maximum absolute atomic E-state index is 11.9. The molecule has 3 N–H and O–H groups in total. The molecule has 0 saturated carbocycles. The molecule has 3 aromatic carbocycles. The van der Waals surface area contributed by atoms with Crippen LogP contribution in [0.1, 0.15) is 28.5 Å². The lowest BCUT2D eigenvalue weighted by atomic mass is 10.2. The Morgan fingerprint density at radius 1 is 0.941 bits per heavy atom. The minimum atomic E-state index is -0.217. The van der Waals surface area contributed by atoms with Gasteiger partial charge in [-0.3, -0.25) is 9.59 Å². The Hall–Kier alpha value is -4.06. The van der Waals surface area contributed by atoms with Crippen LogP contribution < -0.4 is 15.4 Å². The number of ether oxygens (including phenoxy) is 1. The Labute approximate surface area is 201 Å². The summed E-state index contributed by atoms with van der Waals surface area (Å²) in [6, 6.07) is 28.0. The lowest BCUT2D eigenvalue weighted by molar-refractivity contribution is -0.109. The summed E-state index contributed by atoms with van der Waals surface area (Å²) in [6.07, 6.45) is 1.74. The van der Waals surface area contributed by atoms with Crippen molar-refractivity contribution in [1.29, 1.82) is 0 Å². The Bertz CT molecular complexity index is 1130. The van der Waals surface area contributed by atoms with Gasteiger partial charge in [-0.2, -0.15) is 0 Å². The van der Waals surface area contributed by atoms with Gasteiger partial charge in [0.1, 0.15) is 11.4 Å². The van der Waals surface area contributed by atoms with Crippen LogP contribution in [0.3, 0.4) is 0 Å². The molecule has 0 bridgehead atoms. The summed E-state index contributed by atoms with van der Waals surface area (Å²) in [5.41, 5.74) is 4.04. The van der Waals surface area contributed by atoms with Crippen molar-refractivity contribution in [3.8, 4) is 5.75 Å². The van der Waals surface area contributed by atoms with E-state index in [0.29, 0.717) is 25.2 Å². The molecule has 6 nitrogen and oxygen atoms in total. The summed E-state index contributed by atoms with van der Waals surface area (Å²) in [6.45, 7) is 5.03. The third kappa shape index (κ3) is 8.82. The van der Waals surface area contributed by atoms with E-state index in [-0.39, 0.29) is 5.91 Å². The van der Waals surface area contributed by atoms with Gasteiger partial charge in [-0.15, -0.1) is 0 Å². The van der Waals surface area contributed by atoms with E-state index in [2.05, 4.69) is 65.9 Å². The first-order chi connectivity index (χ1) is 16.6. The molecule has 1 aromatic heterocycles. The Kier molecular flexibility index (Phi) is 11.5. The summed E-state index contributed by atoms with van der Waals surface area (Å²) >= 11 is 0. The highest BCUT2D eigenvalue weighted by Crippen LogP contribution is 2.25. The summed E-state index contributed by atoms with van der Waals surface area (Å²) < 4.78 is 5.23. The molecule has 178 valence electrons. The number of aryl methyl sites for hydroxylation is 2. The molecule has 0 aliphatic heterocycles. The zero-order valence-electron chi connectivity index (χ0n) is 20.0. The lowest BCUT2D eigenvalue weighted by Gasteiger charge is -2.02. The van der Waals surface area contributed by atoms with Crippen LogP contribution in [0.25, 0.3) is 10.9 Å². The van der Waals surface area contributed by atoms with Crippen LogP contribution in [0, 0.1) is 6.92 Å². The number of hydrogen-bond donors (Lipinski definition) is 3. The highest BCUT2D eigenvalue weighted by atomic mass is 16.5. The van der Waals surface area contributed by atoms with Crippen molar-refractivity contribution in [3.05, 3.63) is 102 Å².